The molecule has 0 N–H and O–H groups in total. The van der Waals surface area contributed by atoms with E-state index in [9.17, 15) is 0 Å². The minimum atomic E-state index is 0.477. The normalized spacial score (nSPS) is 10.1. The maximum Gasteiger partial charge on any atom is 0.101 e. The highest BCUT2D eigenvalue weighted by Crippen LogP contribution is 2.24. The zero-order valence-electron chi connectivity index (χ0n) is 7.58. The lowest BCUT2D eigenvalue weighted by atomic mass is 10.1. The first-order valence-electron chi connectivity index (χ1n) is 4.18. The molecule has 0 radical (unpaired) electrons. The van der Waals surface area contributed by atoms with Gasteiger partial charge in [0.15, 0.2) is 0 Å². The van der Waals surface area contributed by atoms with Gasteiger partial charge in [0.2, 0.25) is 0 Å². The van der Waals surface area contributed by atoms with Crippen LogP contribution in [0.2, 0.25) is 5.02 Å². The fourth-order valence-corrected chi connectivity index (χ4v) is 1.60. The van der Waals surface area contributed by atoms with Gasteiger partial charge < -0.3 is 0 Å². The van der Waals surface area contributed by atoms with E-state index in [0.29, 0.717) is 10.6 Å². The number of aromatic nitrogens is 1. The van der Waals surface area contributed by atoms with Gasteiger partial charge in [-0.25, -0.2) is 0 Å². The summed E-state index contributed by atoms with van der Waals surface area (Å²) in [7, 11) is 0. The molecule has 0 unspecified atom stereocenters. The summed E-state index contributed by atoms with van der Waals surface area (Å²) in [6, 6.07) is 9.37. The number of aryl methyl sites for hydroxylation is 1. The molecule has 1 aromatic carbocycles. The third kappa shape index (κ3) is 1.32. The molecule has 1 heterocycles. The number of rotatable bonds is 0. The van der Waals surface area contributed by atoms with E-state index in [1.807, 2.05) is 25.1 Å². The molecule has 0 fully saturated rings. The lowest BCUT2D eigenvalue weighted by molar-refractivity contribution is 1.25. The monoisotopic (exact) mass is 202 g/mol. The van der Waals surface area contributed by atoms with Crippen molar-refractivity contribution in [3.8, 4) is 6.07 Å². The molecule has 0 saturated heterocycles. The molecule has 0 saturated carbocycles. The number of hydrogen-bond donors (Lipinski definition) is 0. The zero-order chi connectivity index (χ0) is 10.1. The largest absolute Gasteiger partial charge is 0.253 e. The molecule has 0 aliphatic carbocycles. The number of fused-ring (bicyclic) bond motifs is 1. The second-order valence-electron chi connectivity index (χ2n) is 3.05. The van der Waals surface area contributed by atoms with Crippen molar-refractivity contribution < 1.29 is 0 Å². The van der Waals surface area contributed by atoms with E-state index in [2.05, 4.69) is 11.1 Å². The number of benzene rings is 1. The van der Waals surface area contributed by atoms with Crippen LogP contribution in [-0.4, -0.2) is 4.98 Å². The second-order valence-corrected chi connectivity index (χ2v) is 3.46. The highest BCUT2D eigenvalue weighted by molar-refractivity contribution is 6.32. The van der Waals surface area contributed by atoms with E-state index in [1.54, 1.807) is 6.07 Å². The molecule has 0 bridgehead atoms. The van der Waals surface area contributed by atoms with E-state index < -0.39 is 0 Å². The van der Waals surface area contributed by atoms with Crippen molar-refractivity contribution in [3.63, 3.8) is 0 Å². The summed E-state index contributed by atoms with van der Waals surface area (Å²) in [5.74, 6) is 0. The Labute approximate surface area is 86.8 Å². The molecule has 2 aromatic rings. The maximum atomic E-state index is 8.92. The van der Waals surface area contributed by atoms with Gasteiger partial charge in [-0.1, -0.05) is 11.6 Å². The van der Waals surface area contributed by atoms with E-state index >= 15 is 0 Å². The Bertz CT molecular complexity index is 541. The molecular weight excluding hydrogens is 196 g/mol. The Balaban J connectivity index is 2.90. The summed E-state index contributed by atoms with van der Waals surface area (Å²) in [4.78, 5) is 4.32. The Kier molecular flexibility index (Phi) is 2.11. The van der Waals surface area contributed by atoms with Crippen molar-refractivity contribution in [2.75, 3.05) is 0 Å². The predicted molar refractivity (Wildman–Crippen MR) is 56.2 cm³/mol. The average molecular weight is 203 g/mol. The van der Waals surface area contributed by atoms with Crippen LogP contribution in [0, 0.1) is 18.3 Å². The zero-order valence-corrected chi connectivity index (χ0v) is 8.34. The van der Waals surface area contributed by atoms with Gasteiger partial charge in [-0.2, -0.15) is 5.26 Å². The Morgan fingerprint density at radius 1 is 1.29 bits per heavy atom. The fourth-order valence-electron chi connectivity index (χ4n) is 1.39. The lowest BCUT2D eigenvalue weighted by Gasteiger charge is -2.01. The minimum absolute atomic E-state index is 0.477. The van der Waals surface area contributed by atoms with Crippen molar-refractivity contribution in [2.24, 2.45) is 0 Å². The van der Waals surface area contributed by atoms with Crippen molar-refractivity contribution in [1.29, 1.82) is 5.26 Å². The van der Waals surface area contributed by atoms with Crippen LogP contribution in [0.1, 0.15) is 11.3 Å². The van der Waals surface area contributed by atoms with E-state index in [-0.39, 0.29) is 0 Å². The fraction of sp³-hybridized carbons (Fsp3) is 0.0909. The number of halogens is 1. The van der Waals surface area contributed by atoms with Gasteiger partial charge in [0.1, 0.15) is 6.07 Å². The number of hydrogen-bond acceptors (Lipinski definition) is 2. The molecule has 3 heteroatoms. The third-order valence-corrected chi connectivity index (χ3v) is 2.39. The summed E-state index contributed by atoms with van der Waals surface area (Å²) < 4.78 is 0. The van der Waals surface area contributed by atoms with Crippen molar-refractivity contribution in [1.82, 2.24) is 4.98 Å². The summed E-state index contributed by atoms with van der Waals surface area (Å²) in [6.07, 6.45) is 0. The van der Waals surface area contributed by atoms with E-state index in [1.165, 1.54) is 0 Å². The van der Waals surface area contributed by atoms with Crippen LogP contribution >= 0.6 is 11.6 Å². The van der Waals surface area contributed by atoms with Gasteiger partial charge >= 0.3 is 0 Å². The van der Waals surface area contributed by atoms with Crippen LogP contribution in [0.3, 0.4) is 0 Å². The van der Waals surface area contributed by atoms with E-state index in [0.717, 1.165) is 16.6 Å². The van der Waals surface area contributed by atoms with Gasteiger partial charge in [-0.15, -0.1) is 0 Å². The minimum Gasteiger partial charge on any atom is -0.253 e. The molecule has 2 nitrogen and oxygen atoms in total. The van der Waals surface area contributed by atoms with Gasteiger partial charge in [0.25, 0.3) is 0 Å². The predicted octanol–water partition coefficient (Wildman–Crippen LogP) is 3.07. The molecule has 0 spiro atoms. The van der Waals surface area contributed by atoms with Crippen LogP contribution in [0.15, 0.2) is 24.3 Å². The van der Waals surface area contributed by atoms with Gasteiger partial charge in [0.05, 0.1) is 16.1 Å². The molecule has 14 heavy (non-hydrogen) atoms. The molecule has 0 aliphatic rings. The smallest absolute Gasteiger partial charge is 0.101 e. The van der Waals surface area contributed by atoms with E-state index in [4.69, 9.17) is 16.9 Å². The average Bonchev–Trinajstić information content (AvgIpc) is 2.18. The Hall–Kier alpha value is -1.59. The summed E-state index contributed by atoms with van der Waals surface area (Å²) in [6.45, 7) is 1.92. The first-order valence-corrected chi connectivity index (χ1v) is 4.56. The number of nitrogens with zero attached hydrogens (tertiary/aromatic N) is 2. The van der Waals surface area contributed by atoms with Crippen LogP contribution in [0.5, 0.6) is 0 Å². The summed E-state index contributed by atoms with van der Waals surface area (Å²) in [5.41, 5.74) is 2.24. The highest BCUT2D eigenvalue weighted by atomic mass is 35.5. The van der Waals surface area contributed by atoms with Crippen molar-refractivity contribution >= 4 is 22.5 Å². The van der Waals surface area contributed by atoms with Gasteiger partial charge in [0, 0.05) is 11.1 Å². The van der Waals surface area contributed by atoms with Crippen LogP contribution in [-0.2, 0) is 0 Å². The molecule has 0 amide bonds. The standard InChI is InChI=1S/C11H7ClN2/c1-7-2-3-8-9(6-13)10(12)4-5-11(8)14-7/h2-5H,1H3. The Morgan fingerprint density at radius 2 is 2.07 bits per heavy atom. The first-order chi connectivity index (χ1) is 6.72. The van der Waals surface area contributed by atoms with Crippen LogP contribution in [0.4, 0.5) is 0 Å². The van der Waals surface area contributed by atoms with Gasteiger partial charge in [-0.3, -0.25) is 4.98 Å². The van der Waals surface area contributed by atoms with Crippen molar-refractivity contribution in [2.45, 2.75) is 6.92 Å². The highest BCUT2D eigenvalue weighted by Gasteiger charge is 2.05. The van der Waals surface area contributed by atoms with Gasteiger partial charge in [-0.05, 0) is 31.2 Å². The number of nitriles is 1. The lowest BCUT2D eigenvalue weighted by Crippen LogP contribution is -1.86. The van der Waals surface area contributed by atoms with Crippen molar-refractivity contribution in [3.05, 3.63) is 40.5 Å². The topological polar surface area (TPSA) is 36.7 Å². The first kappa shape index (κ1) is 8.98. The molecule has 0 aliphatic heterocycles. The van der Waals surface area contributed by atoms with Crippen LogP contribution < -0.4 is 0 Å². The molecule has 1 aromatic heterocycles. The molecule has 68 valence electrons. The number of pyridine rings is 1. The second kappa shape index (κ2) is 3.28. The molecule has 2 rings (SSSR count). The Morgan fingerprint density at radius 3 is 2.79 bits per heavy atom. The quantitative estimate of drug-likeness (QED) is 0.658. The molecule has 0 atom stereocenters. The third-order valence-electron chi connectivity index (χ3n) is 2.07. The maximum absolute atomic E-state index is 8.92. The molecular formula is C11H7ClN2. The summed E-state index contributed by atoms with van der Waals surface area (Å²) in [5, 5.41) is 10.2. The summed E-state index contributed by atoms with van der Waals surface area (Å²) >= 11 is 5.89. The van der Waals surface area contributed by atoms with Crippen LogP contribution in [0.25, 0.3) is 10.9 Å². The SMILES string of the molecule is Cc1ccc2c(C#N)c(Cl)ccc2n1.